The molecule has 0 radical (unpaired) electrons. The third-order valence-electron chi connectivity index (χ3n) is 3.00. The van der Waals surface area contributed by atoms with Crippen molar-refractivity contribution in [3.63, 3.8) is 0 Å². The summed E-state index contributed by atoms with van der Waals surface area (Å²) < 4.78 is 4.93. The Labute approximate surface area is 118 Å². The van der Waals surface area contributed by atoms with E-state index < -0.39 is 0 Å². The van der Waals surface area contributed by atoms with Gasteiger partial charge in [-0.1, -0.05) is 31.2 Å². The van der Waals surface area contributed by atoms with Gasteiger partial charge in [0.2, 0.25) is 0 Å². The number of hydrogen-bond acceptors (Lipinski definition) is 3. The Balaban J connectivity index is 2.17. The molecule has 0 saturated heterocycles. The number of aryl methyl sites for hydroxylation is 1. The lowest BCUT2D eigenvalue weighted by Crippen LogP contribution is -2.03. The monoisotopic (exact) mass is 268 g/mol. The highest BCUT2D eigenvalue weighted by atomic mass is 16.5. The summed E-state index contributed by atoms with van der Waals surface area (Å²) in [4.78, 5) is 23.1. The van der Waals surface area contributed by atoms with Crippen molar-refractivity contribution in [2.45, 2.75) is 20.3 Å². The summed E-state index contributed by atoms with van der Waals surface area (Å²) in [6.07, 6.45) is 0.950. The maximum Gasteiger partial charge on any atom is 0.308 e. The van der Waals surface area contributed by atoms with Crippen molar-refractivity contribution in [1.82, 2.24) is 0 Å². The fourth-order valence-electron chi connectivity index (χ4n) is 1.90. The Bertz CT molecular complexity index is 610. The highest BCUT2D eigenvalue weighted by Gasteiger charge is 2.09. The quantitative estimate of drug-likeness (QED) is 0.485. The number of hydrogen-bond donors (Lipinski definition) is 0. The van der Waals surface area contributed by atoms with E-state index in [-0.39, 0.29) is 11.8 Å². The first kappa shape index (κ1) is 14.0. The van der Waals surface area contributed by atoms with E-state index in [0.717, 1.165) is 6.42 Å². The van der Waals surface area contributed by atoms with Gasteiger partial charge in [-0.2, -0.15) is 0 Å². The molecule has 0 aromatic heterocycles. The number of rotatable bonds is 4. The van der Waals surface area contributed by atoms with E-state index in [9.17, 15) is 9.59 Å². The van der Waals surface area contributed by atoms with Crippen LogP contribution >= 0.6 is 0 Å². The van der Waals surface area contributed by atoms with E-state index in [1.54, 1.807) is 24.3 Å². The van der Waals surface area contributed by atoms with Crippen LogP contribution in [0.2, 0.25) is 0 Å². The smallest absolute Gasteiger partial charge is 0.308 e. The summed E-state index contributed by atoms with van der Waals surface area (Å²) in [5.41, 5.74) is 2.43. The SMILES string of the molecule is CCc1ccc(C(=O)c2ccc(OC(C)=O)cc2)cc1. The summed E-state index contributed by atoms with van der Waals surface area (Å²) in [5.74, 6) is 0.0247. The molecule has 0 aliphatic carbocycles. The molecular weight excluding hydrogens is 252 g/mol. The maximum absolute atomic E-state index is 12.3. The van der Waals surface area contributed by atoms with Crippen LogP contribution < -0.4 is 4.74 Å². The zero-order valence-corrected chi connectivity index (χ0v) is 11.6. The molecule has 0 amide bonds. The van der Waals surface area contributed by atoms with Crippen molar-refractivity contribution in [3.05, 3.63) is 65.2 Å². The zero-order valence-electron chi connectivity index (χ0n) is 11.6. The second kappa shape index (κ2) is 6.15. The summed E-state index contributed by atoms with van der Waals surface area (Å²) >= 11 is 0. The topological polar surface area (TPSA) is 43.4 Å². The highest BCUT2D eigenvalue weighted by molar-refractivity contribution is 6.09. The Morgan fingerprint density at radius 1 is 0.900 bits per heavy atom. The first-order valence-electron chi connectivity index (χ1n) is 6.52. The summed E-state index contributed by atoms with van der Waals surface area (Å²) in [6.45, 7) is 3.42. The first-order valence-corrected chi connectivity index (χ1v) is 6.52. The van der Waals surface area contributed by atoms with Crippen molar-refractivity contribution in [2.75, 3.05) is 0 Å². The Kier molecular flexibility index (Phi) is 4.31. The van der Waals surface area contributed by atoms with E-state index in [1.165, 1.54) is 12.5 Å². The molecule has 2 rings (SSSR count). The third-order valence-corrected chi connectivity index (χ3v) is 3.00. The van der Waals surface area contributed by atoms with Gasteiger partial charge in [-0.25, -0.2) is 0 Å². The molecule has 0 unspecified atom stereocenters. The lowest BCUT2D eigenvalue weighted by atomic mass is 10.0. The second-order valence-electron chi connectivity index (χ2n) is 4.50. The number of ether oxygens (including phenoxy) is 1. The van der Waals surface area contributed by atoms with Crippen LogP contribution in [0.15, 0.2) is 48.5 Å². The Morgan fingerprint density at radius 3 is 1.85 bits per heavy atom. The maximum atomic E-state index is 12.3. The van der Waals surface area contributed by atoms with Crippen molar-refractivity contribution in [1.29, 1.82) is 0 Å². The van der Waals surface area contributed by atoms with Crippen molar-refractivity contribution in [2.24, 2.45) is 0 Å². The average Bonchev–Trinajstić information content (AvgIpc) is 2.47. The Morgan fingerprint density at radius 2 is 1.40 bits per heavy atom. The molecule has 3 heteroatoms. The Hall–Kier alpha value is -2.42. The molecule has 0 aliphatic heterocycles. The minimum Gasteiger partial charge on any atom is -0.427 e. The van der Waals surface area contributed by atoms with Crippen LogP contribution in [0.3, 0.4) is 0 Å². The van der Waals surface area contributed by atoms with E-state index in [0.29, 0.717) is 16.9 Å². The molecule has 102 valence electrons. The number of carbonyl (C=O) groups excluding carboxylic acids is 2. The molecule has 20 heavy (non-hydrogen) atoms. The predicted molar refractivity (Wildman–Crippen MR) is 77.0 cm³/mol. The van der Waals surface area contributed by atoms with Gasteiger partial charge < -0.3 is 4.74 Å². The molecule has 0 heterocycles. The van der Waals surface area contributed by atoms with Crippen molar-refractivity contribution < 1.29 is 14.3 Å². The number of carbonyl (C=O) groups is 2. The van der Waals surface area contributed by atoms with Crippen molar-refractivity contribution in [3.8, 4) is 5.75 Å². The summed E-state index contributed by atoms with van der Waals surface area (Å²) in [6, 6.07) is 14.1. The lowest BCUT2D eigenvalue weighted by Gasteiger charge is -2.04. The third kappa shape index (κ3) is 3.32. The van der Waals surface area contributed by atoms with Crippen molar-refractivity contribution >= 4 is 11.8 Å². The number of benzene rings is 2. The van der Waals surface area contributed by atoms with Gasteiger partial charge in [0.1, 0.15) is 5.75 Å². The van der Waals surface area contributed by atoms with Crippen LogP contribution in [0.25, 0.3) is 0 Å². The van der Waals surface area contributed by atoms with E-state index in [4.69, 9.17) is 4.74 Å². The van der Waals surface area contributed by atoms with Crippen LogP contribution in [0, 0.1) is 0 Å². The van der Waals surface area contributed by atoms with Gasteiger partial charge in [0.25, 0.3) is 0 Å². The molecule has 0 aliphatic rings. The summed E-state index contributed by atoms with van der Waals surface area (Å²) in [7, 11) is 0. The molecule has 0 bridgehead atoms. The van der Waals surface area contributed by atoms with E-state index in [1.807, 2.05) is 24.3 Å². The number of ketones is 1. The normalized spacial score (nSPS) is 10.1. The van der Waals surface area contributed by atoms with Gasteiger partial charge in [-0.05, 0) is 36.2 Å². The molecule has 0 fully saturated rings. The van der Waals surface area contributed by atoms with E-state index >= 15 is 0 Å². The molecule has 0 spiro atoms. The average molecular weight is 268 g/mol. The predicted octanol–water partition coefficient (Wildman–Crippen LogP) is 3.41. The van der Waals surface area contributed by atoms with Crippen LogP contribution in [-0.4, -0.2) is 11.8 Å². The molecule has 0 N–H and O–H groups in total. The van der Waals surface area contributed by atoms with Crippen LogP contribution in [0.4, 0.5) is 0 Å². The van der Waals surface area contributed by atoms with Gasteiger partial charge in [0.15, 0.2) is 5.78 Å². The van der Waals surface area contributed by atoms with Gasteiger partial charge >= 0.3 is 5.97 Å². The fourth-order valence-corrected chi connectivity index (χ4v) is 1.90. The minimum absolute atomic E-state index is 0.0398. The van der Waals surface area contributed by atoms with E-state index in [2.05, 4.69) is 6.92 Å². The molecule has 2 aromatic carbocycles. The standard InChI is InChI=1S/C17H16O3/c1-3-13-4-6-14(7-5-13)17(19)15-8-10-16(11-9-15)20-12(2)18/h4-11H,3H2,1-2H3. The lowest BCUT2D eigenvalue weighted by molar-refractivity contribution is -0.131. The largest absolute Gasteiger partial charge is 0.427 e. The van der Waals surface area contributed by atoms with Gasteiger partial charge in [0, 0.05) is 18.1 Å². The molecule has 2 aromatic rings. The highest BCUT2D eigenvalue weighted by Crippen LogP contribution is 2.16. The summed E-state index contributed by atoms with van der Waals surface area (Å²) in [5, 5.41) is 0. The zero-order chi connectivity index (χ0) is 14.5. The van der Waals surface area contributed by atoms with Gasteiger partial charge in [0.05, 0.1) is 0 Å². The van der Waals surface area contributed by atoms with Gasteiger partial charge in [-0.15, -0.1) is 0 Å². The minimum atomic E-state index is -0.376. The first-order chi connectivity index (χ1) is 9.60. The molecule has 0 saturated carbocycles. The molecular formula is C17H16O3. The van der Waals surface area contributed by atoms with Crippen LogP contribution in [-0.2, 0) is 11.2 Å². The molecule has 0 atom stereocenters. The molecule has 3 nitrogen and oxygen atoms in total. The number of esters is 1. The van der Waals surface area contributed by atoms with Crippen LogP contribution in [0.5, 0.6) is 5.75 Å². The fraction of sp³-hybridized carbons (Fsp3) is 0.176. The second-order valence-corrected chi connectivity index (χ2v) is 4.50. The van der Waals surface area contributed by atoms with Gasteiger partial charge in [-0.3, -0.25) is 9.59 Å². The van der Waals surface area contributed by atoms with Crippen LogP contribution in [0.1, 0.15) is 35.3 Å².